The SMILES string of the molecule is N#CCCn1nc(-c2ccc3c(c2)OCO3)c2c1CCNC2. The molecule has 0 spiro atoms. The van der Waals surface area contributed by atoms with E-state index in [2.05, 4.69) is 11.4 Å². The molecule has 3 heterocycles. The molecule has 2 aromatic rings. The van der Waals surface area contributed by atoms with Gasteiger partial charge in [-0.25, -0.2) is 0 Å². The van der Waals surface area contributed by atoms with Crippen molar-refractivity contribution in [2.24, 2.45) is 0 Å². The number of fused-ring (bicyclic) bond motifs is 2. The van der Waals surface area contributed by atoms with Crippen LogP contribution in [0.1, 0.15) is 17.7 Å². The summed E-state index contributed by atoms with van der Waals surface area (Å²) in [6.45, 7) is 2.68. The van der Waals surface area contributed by atoms with Crippen molar-refractivity contribution in [1.29, 1.82) is 5.26 Å². The maximum absolute atomic E-state index is 8.83. The van der Waals surface area contributed by atoms with Crippen molar-refractivity contribution in [2.45, 2.75) is 25.9 Å². The zero-order valence-corrected chi connectivity index (χ0v) is 12.1. The van der Waals surface area contributed by atoms with Gasteiger partial charge in [0.25, 0.3) is 0 Å². The average Bonchev–Trinajstić information content (AvgIpc) is 3.17. The Kier molecular flexibility index (Phi) is 3.20. The van der Waals surface area contributed by atoms with Crippen molar-refractivity contribution in [3.63, 3.8) is 0 Å². The molecule has 0 bridgehead atoms. The Balaban J connectivity index is 1.78. The molecule has 0 fully saturated rings. The fraction of sp³-hybridized carbons (Fsp3) is 0.375. The van der Waals surface area contributed by atoms with Gasteiger partial charge in [-0.15, -0.1) is 0 Å². The van der Waals surface area contributed by atoms with Crippen molar-refractivity contribution >= 4 is 0 Å². The topological polar surface area (TPSA) is 72.1 Å². The lowest BCUT2D eigenvalue weighted by Gasteiger charge is -2.15. The second-order valence-electron chi connectivity index (χ2n) is 5.40. The van der Waals surface area contributed by atoms with E-state index in [9.17, 15) is 0 Å². The van der Waals surface area contributed by atoms with Crippen LogP contribution in [0.3, 0.4) is 0 Å². The van der Waals surface area contributed by atoms with Crippen LogP contribution in [0.15, 0.2) is 18.2 Å². The largest absolute Gasteiger partial charge is 0.454 e. The van der Waals surface area contributed by atoms with Crippen molar-refractivity contribution in [2.75, 3.05) is 13.3 Å². The minimum Gasteiger partial charge on any atom is -0.454 e. The summed E-state index contributed by atoms with van der Waals surface area (Å²) in [4.78, 5) is 0. The first-order valence-corrected chi connectivity index (χ1v) is 7.43. The van der Waals surface area contributed by atoms with Crippen LogP contribution in [0.25, 0.3) is 11.3 Å². The second-order valence-corrected chi connectivity index (χ2v) is 5.40. The van der Waals surface area contributed by atoms with Gasteiger partial charge in [-0.2, -0.15) is 10.4 Å². The van der Waals surface area contributed by atoms with Gasteiger partial charge in [0.1, 0.15) is 0 Å². The number of aryl methyl sites for hydroxylation is 1. The molecule has 0 saturated heterocycles. The van der Waals surface area contributed by atoms with E-state index in [1.807, 2.05) is 22.9 Å². The molecular weight excluding hydrogens is 280 g/mol. The summed E-state index contributed by atoms with van der Waals surface area (Å²) < 4.78 is 12.8. The average molecular weight is 296 g/mol. The minimum absolute atomic E-state index is 0.273. The molecule has 1 aromatic carbocycles. The van der Waals surface area contributed by atoms with Gasteiger partial charge in [-0.1, -0.05) is 0 Å². The zero-order valence-electron chi connectivity index (χ0n) is 12.1. The Hall–Kier alpha value is -2.52. The van der Waals surface area contributed by atoms with Gasteiger partial charge in [0.05, 0.1) is 24.7 Å². The summed E-state index contributed by atoms with van der Waals surface area (Å²) in [7, 11) is 0. The van der Waals surface area contributed by atoms with E-state index in [1.54, 1.807) is 0 Å². The Bertz CT molecular complexity index is 760. The van der Waals surface area contributed by atoms with Gasteiger partial charge in [0, 0.05) is 36.3 Å². The van der Waals surface area contributed by atoms with Crippen LogP contribution in [0, 0.1) is 11.3 Å². The molecule has 0 amide bonds. The molecule has 112 valence electrons. The first-order chi connectivity index (χ1) is 10.9. The fourth-order valence-corrected chi connectivity index (χ4v) is 3.04. The molecule has 0 atom stereocenters. The number of hydrogen-bond acceptors (Lipinski definition) is 5. The third-order valence-electron chi connectivity index (χ3n) is 4.09. The first-order valence-electron chi connectivity index (χ1n) is 7.43. The molecule has 2 aliphatic heterocycles. The van der Waals surface area contributed by atoms with E-state index in [4.69, 9.17) is 19.8 Å². The number of nitrogens with one attached hydrogen (secondary N) is 1. The Morgan fingerprint density at radius 1 is 1.32 bits per heavy atom. The molecular formula is C16H16N4O2. The van der Waals surface area contributed by atoms with E-state index < -0.39 is 0 Å². The normalized spacial score (nSPS) is 15.4. The summed E-state index contributed by atoms with van der Waals surface area (Å²) in [6.07, 6.45) is 1.42. The summed E-state index contributed by atoms with van der Waals surface area (Å²) in [5.74, 6) is 1.54. The molecule has 6 nitrogen and oxygen atoms in total. The maximum atomic E-state index is 8.83. The Labute approximate surface area is 128 Å². The van der Waals surface area contributed by atoms with Gasteiger partial charge in [-0.05, 0) is 18.2 Å². The van der Waals surface area contributed by atoms with Crippen LogP contribution in [-0.2, 0) is 19.5 Å². The van der Waals surface area contributed by atoms with Gasteiger partial charge in [0.15, 0.2) is 11.5 Å². The number of benzene rings is 1. The smallest absolute Gasteiger partial charge is 0.231 e. The molecule has 6 heteroatoms. The predicted molar refractivity (Wildman–Crippen MR) is 79.4 cm³/mol. The maximum Gasteiger partial charge on any atom is 0.231 e. The standard InChI is InChI=1S/C16H16N4O2/c17-5-1-7-20-13-4-6-18-9-12(13)16(19-20)11-2-3-14-15(8-11)22-10-21-14/h2-3,8,18H,1,4,6-7,9-10H2. The molecule has 0 radical (unpaired) electrons. The lowest BCUT2D eigenvalue weighted by molar-refractivity contribution is 0.174. The Morgan fingerprint density at radius 2 is 2.23 bits per heavy atom. The highest BCUT2D eigenvalue weighted by atomic mass is 16.7. The molecule has 2 aliphatic rings. The second kappa shape index (κ2) is 5.35. The minimum atomic E-state index is 0.273. The first kappa shape index (κ1) is 13.2. The van der Waals surface area contributed by atoms with Crippen LogP contribution in [0.2, 0.25) is 0 Å². The highest BCUT2D eigenvalue weighted by molar-refractivity contribution is 5.68. The number of nitriles is 1. The summed E-state index contributed by atoms with van der Waals surface area (Å²) in [6, 6.07) is 8.11. The van der Waals surface area contributed by atoms with E-state index >= 15 is 0 Å². The van der Waals surface area contributed by atoms with Crippen LogP contribution in [-0.4, -0.2) is 23.1 Å². The quantitative estimate of drug-likeness (QED) is 0.935. The summed E-state index contributed by atoms with van der Waals surface area (Å²) >= 11 is 0. The Morgan fingerprint density at radius 3 is 3.14 bits per heavy atom. The number of rotatable bonds is 3. The number of nitrogens with zero attached hydrogens (tertiary/aromatic N) is 3. The lowest BCUT2D eigenvalue weighted by atomic mass is 10.0. The summed E-state index contributed by atoms with van der Waals surface area (Å²) in [5.41, 5.74) is 4.46. The highest BCUT2D eigenvalue weighted by Crippen LogP contribution is 2.37. The van der Waals surface area contributed by atoms with E-state index in [-0.39, 0.29) is 6.79 Å². The van der Waals surface area contributed by atoms with Crippen molar-refractivity contribution in [3.05, 3.63) is 29.5 Å². The molecule has 0 aliphatic carbocycles. The fourth-order valence-electron chi connectivity index (χ4n) is 3.04. The van der Waals surface area contributed by atoms with Crippen molar-refractivity contribution < 1.29 is 9.47 Å². The molecule has 1 N–H and O–H groups in total. The molecule has 4 rings (SSSR count). The predicted octanol–water partition coefficient (Wildman–Crippen LogP) is 1.84. The third kappa shape index (κ3) is 2.11. The van der Waals surface area contributed by atoms with Crippen molar-refractivity contribution in [1.82, 2.24) is 15.1 Å². The monoisotopic (exact) mass is 296 g/mol. The third-order valence-corrected chi connectivity index (χ3v) is 4.09. The van der Waals surface area contributed by atoms with Crippen LogP contribution < -0.4 is 14.8 Å². The molecule has 0 saturated carbocycles. The van der Waals surface area contributed by atoms with Crippen LogP contribution >= 0.6 is 0 Å². The van der Waals surface area contributed by atoms with Crippen molar-refractivity contribution in [3.8, 4) is 28.8 Å². The van der Waals surface area contributed by atoms with Gasteiger partial charge in [0.2, 0.25) is 6.79 Å². The van der Waals surface area contributed by atoms with Crippen LogP contribution in [0.4, 0.5) is 0 Å². The molecule has 1 aromatic heterocycles. The lowest BCUT2D eigenvalue weighted by Crippen LogP contribution is -2.25. The van der Waals surface area contributed by atoms with Gasteiger partial charge >= 0.3 is 0 Å². The van der Waals surface area contributed by atoms with Crippen LogP contribution in [0.5, 0.6) is 11.5 Å². The van der Waals surface area contributed by atoms with E-state index in [0.717, 1.165) is 42.3 Å². The van der Waals surface area contributed by atoms with Gasteiger partial charge < -0.3 is 14.8 Å². The molecule has 0 unspecified atom stereocenters. The van der Waals surface area contributed by atoms with E-state index in [1.165, 1.54) is 11.3 Å². The zero-order chi connectivity index (χ0) is 14.9. The number of ether oxygens (including phenoxy) is 2. The number of aromatic nitrogens is 2. The van der Waals surface area contributed by atoms with Gasteiger partial charge in [-0.3, -0.25) is 4.68 Å². The van der Waals surface area contributed by atoms with E-state index in [0.29, 0.717) is 13.0 Å². The molecule has 22 heavy (non-hydrogen) atoms. The number of hydrogen-bond donors (Lipinski definition) is 1. The summed E-state index contributed by atoms with van der Waals surface area (Å²) in [5, 5.41) is 17.0. The highest BCUT2D eigenvalue weighted by Gasteiger charge is 2.23.